The standard InChI is InChI=1S/C9H16/c1-5-6-9(4)7-8(2)3/h4,7,9H,5-6H2,1-3H3. The van der Waals surface area contributed by atoms with Crippen LogP contribution in [0.2, 0.25) is 0 Å². The van der Waals surface area contributed by atoms with E-state index in [0.717, 1.165) is 6.42 Å². The van der Waals surface area contributed by atoms with Gasteiger partial charge in [-0.25, -0.2) is 0 Å². The average Bonchev–Trinajstić information content (AvgIpc) is 1.63. The second-order valence-corrected chi connectivity index (χ2v) is 2.70. The van der Waals surface area contributed by atoms with Crippen molar-refractivity contribution in [3.05, 3.63) is 18.6 Å². The molecule has 0 aromatic rings. The molecule has 1 atom stereocenters. The minimum Gasteiger partial charge on any atom is -0.0825 e. The maximum Gasteiger partial charge on any atom is -0.0197 e. The Hall–Kier alpha value is -0.260. The Morgan fingerprint density at radius 2 is 2.11 bits per heavy atom. The first kappa shape index (κ1) is 8.74. The van der Waals surface area contributed by atoms with Gasteiger partial charge in [0, 0.05) is 0 Å². The van der Waals surface area contributed by atoms with Gasteiger partial charge in [0.2, 0.25) is 0 Å². The van der Waals surface area contributed by atoms with Crippen LogP contribution >= 0.6 is 0 Å². The molecule has 0 rings (SSSR count). The highest BCUT2D eigenvalue weighted by Crippen LogP contribution is 2.07. The van der Waals surface area contributed by atoms with Crippen molar-refractivity contribution in [3.8, 4) is 0 Å². The molecule has 1 unspecified atom stereocenters. The molecule has 0 aliphatic heterocycles. The molecule has 0 aromatic heterocycles. The highest BCUT2D eigenvalue weighted by atomic mass is 14.0. The van der Waals surface area contributed by atoms with Gasteiger partial charge in [-0.05, 0) is 33.1 Å². The summed E-state index contributed by atoms with van der Waals surface area (Å²) < 4.78 is 0. The van der Waals surface area contributed by atoms with E-state index >= 15 is 0 Å². The predicted molar refractivity (Wildman–Crippen MR) is 42.1 cm³/mol. The van der Waals surface area contributed by atoms with Crippen LogP contribution in [0.5, 0.6) is 0 Å². The first-order chi connectivity index (χ1) is 4.16. The topological polar surface area (TPSA) is 0 Å². The number of rotatable bonds is 3. The van der Waals surface area contributed by atoms with E-state index in [-0.39, 0.29) is 5.92 Å². The lowest BCUT2D eigenvalue weighted by molar-refractivity contribution is 0.683. The quantitative estimate of drug-likeness (QED) is 0.507. The van der Waals surface area contributed by atoms with Gasteiger partial charge in [-0.3, -0.25) is 0 Å². The minimum atomic E-state index is 0.278. The summed E-state index contributed by atoms with van der Waals surface area (Å²) >= 11 is 0. The molecule has 0 aromatic carbocycles. The molecule has 0 aliphatic carbocycles. The van der Waals surface area contributed by atoms with E-state index in [1.165, 1.54) is 12.0 Å². The van der Waals surface area contributed by atoms with Crippen LogP contribution in [0, 0.1) is 12.8 Å². The van der Waals surface area contributed by atoms with Crippen molar-refractivity contribution in [1.82, 2.24) is 0 Å². The van der Waals surface area contributed by atoms with Crippen LogP contribution in [0.15, 0.2) is 11.6 Å². The second kappa shape index (κ2) is 4.60. The average molecular weight is 124 g/mol. The van der Waals surface area contributed by atoms with Crippen molar-refractivity contribution >= 4 is 0 Å². The predicted octanol–water partition coefficient (Wildman–Crippen LogP) is 3.08. The number of hydrogen-bond donors (Lipinski definition) is 0. The van der Waals surface area contributed by atoms with Gasteiger partial charge >= 0.3 is 0 Å². The highest BCUT2D eigenvalue weighted by molar-refractivity contribution is 4.97. The summed E-state index contributed by atoms with van der Waals surface area (Å²) in [6, 6.07) is 0. The molecular formula is C9H16. The molecule has 0 N–H and O–H groups in total. The lowest BCUT2D eigenvalue weighted by atomic mass is 10.0. The molecule has 0 aliphatic rings. The van der Waals surface area contributed by atoms with E-state index < -0.39 is 0 Å². The highest BCUT2D eigenvalue weighted by Gasteiger charge is 1.93. The summed E-state index contributed by atoms with van der Waals surface area (Å²) in [5.41, 5.74) is 1.32. The fraction of sp³-hybridized carbons (Fsp3) is 0.667. The fourth-order valence-corrected chi connectivity index (χ4v) is 0.845. The Bertz CT molecular complexity index is 86.2. The first-order valence-corrected chi connectivity index (χ1v) is 3.57. The largest absolute Gasteiger partial charge is 0.0825 e. The third kappa shape index (κ3) is 5.61. The maximum absolute atomic E-state index is 5.71. The van der Waals surface area contributed by atoms with Crippen molar-refractivity contribution in [1.29, 1.82) is 0 Å². The van der Waals surface area contributed by atoms with Crippen LogP contribution in [0.4, 0.5) is 0 Å². The zero-order valence-electron chi connectivity index (χ0n) is 6.65. The van der Waals surface area contributed by atoms with Crippen molar-refractivity contribution in [3.63, 3.8) is 0 Å². The summed E-state index contributed by atoms with van der Waals surface area (Å²) in [6.07, 6.45) is 4.39. The maximum atomic E-state index is 5.71. The van der Waals surface area contributed by atoms with E-state index in [0.29, 0.717) is 0 Å². The van der Waals surface area contributed by atoms with Crippen LogP contribution in [-0.2, 0) is 0 Å². The van der Waals surface area contributed by atoms with Gasteiger partial charge in [0.15, 0.2) is 0 Å². The van der Waals surface area contributed by atoms with Gasteiger partial charge in [-0.15, -0.1) is 0 Å². The molecule has 0 fully saturated rings. The summed E-state index contributed by atoms with van der Waals surface area (Å²) in [5.74, 6) is 0.278. The summed E-state index contributed by atoms with van der Waals surface area (Å²) in [6.45, 7) is 12.0. The van der Waals surface area contributed by atoms with E-state index in [9.17, 15) is 0 Å². The lowest BCUT2D eigenvalue weighted by Gasteiger charge is -2.02. The van der Waals surface area contributed by atoms with Crippen LogP contribution in [0.1, 0.15) is 33.6 Å². The normalized spacial score (nSPS) is 12.9. The summed E-state index contributed by atoms with van der Waals surface area (Å²) in [4.78, 5) is 0. The van der Waals surface area contributed by atoms with Gasteiger partial charge in [0.05, 0.1) is 0 Å². The molecule has 0 heterocycles. The van der Waals surface area contributed by atoms with Gasteiger partial charge in [-0.2, -0.15) is 0 Å². The van der Waals surface area contributed by atoms with Crippen molar-refractivity contribution in [2.75, 3.05) is 0 Å². The summed E-state index contributed by atoms with van der Waals surface area (Å²) in [5, 5.41) is 0. The number of hydrogen-bond acceptors (Lipinski definition) is 0. The smallest absolute Gasteiger partial charge is 0.0197 e. The molecule has 0 bridgehead atoms. The Morgan fingerprint density at radius 1 is 1.56 bits per heavy atom. The second-order valence-electron chi connectivity index (χ2n) is 2.70. The number of allylic oxidation sites excluding steroid dienone is 2. The molecule has 0 nitrogen and oxygen atoms in total. The molecule has 9 heavy (non-hydrogen) atoms. The molecule has 0 spiro atoms. The Kier molecular flexibility index (Phi) is 4.47. The van der Waals surface area contributed by atoms with Crippen molar-refractivity contribution in [2.24, 2.45) is 5.92 Å². The third-order valence-corrected chi connectivity index (χ3v) is 1.17. The molecule has 0 saturated heterocycles. The van der Waals surface area contributed by atoms with Gasteiger partial charge in [-0.1, -0.05) is 25.0 Å². The van der Waals surface area contributed by atoms with Crippen molar-refractivity contribution < 1.29 is 0 Å². The zero-order valence-corrected chi connectivity index (χ0v) is 6.65. The SMILES string of the molecule is [CH]C(C=C(C)C)CCC. The monoisotopic (exact) mass is 124 g/mol. The van der Waals surface area contributed by atoms with Gasteiger partial charge in [0.25, 0.3) is 0 Å². The molecule has 0 amide bonds. The molecule has 2 radical (unpaired) electrons. The van der Waals surface area contributed by atoms with E-state index in [4.69, 9.17) is 6.92 Å². The molecular weight excluding hydrogens is 108 g/mol. The van der Waals surface area contributed by atoms with Gasteiger partial charge in [0.1, 0.15) is 0 Å². The van der Waals surface area contributed by atoms with Crippen LogP contribution in [-0.4, -0.2) is 0 Å². The van der Waals surface area contributed by atoms with E-state index in [1.54, 1.807) is 0 Å². The fourth-order valence-electron chi connectivity index (χ4n) is 0.845. The van der Waals surface area contributed by atoms with Crippen molar-refractivity contribution in [2.45, 2.75) is 33.6 Å². The van der Waals surface area contributed by atoms with E-state index in [1.807, 2.05) is 0 Å². The Morgan fingerprint density at radius 3 is 2.44 bits per heavy atom. The third-order valence-electron chi connectivity index (χ3n) is 1.17. The van der Waals surface area contributed by atoms with Crippen LogP contribution < -0.4 is 0 Å². The first-order valence-electron chi connectivity index (χ1n) is 3.57. The summed E-state index contributed by atoms with van der Waals surface area (Å²) in [7, 11) is 0. The van der Waals surface area contributed by atoms with Crippen LogP contribution in [0.25, 0.3) is 0 Å². The zero-order chi connectivity index (χ0) is 7.28. The lowest BCUT2D eigenvalue weighted by Crippen LogP contribution is -1.88. The van der Waals surface area contributed by atoms with Crippen LogP contribution in [0.3, 0.4) is 0 Å². The van der Waals surface area contributed by atoms with E-state index in [2.05, 4.69) is 26.8 Å². The Labute approximate surface area is 59.0 Å². The molecule has 0 heteroatoms. The Balaban J connectivity index is 3.49. The van der Waals surface area contributed by atoms with Gasteiger partial charge < -0.3 is 0 Å². The minimum absolute atomic E-state index is 0.278. The molecule has 52 valence electrons. The molecule has 0 saturated carbocycles.